The first-order valence-electron chi connectivity index (χ1n) is 7.04. The summed E-state index contributed by atoms with van der Waals surface area (Å²) in [6.45, 7) is 1.86. The van der Waals surface area contributed by atoms with Gasteiger partial charge in [-0.05, 0) is 42.0 Å². The summed E-state index contributed by atoms with van der Waals surface area (Å²) >= 11 is 1.82. The monoisotopic (exact) mass is 267 g/mol. The molecule has 2 aliphatic carbocycles. The molecule has 2 saturated carbocycles. The van der Waals surface area contributed by atoms with Gasteiger partial charge in [-0.2, -0.15) is 0 Å². The van der Waals surface area contributed by atoms with Crippen LogP contribution in [0, 0.1) is 5.92 Å². The van der Waals surface area contributed by atoms with Crippen LogP contribution in [0.3, 0.4) is 0 Å². The van der Waals surface area contributed by atoms with Crippen molar-refractivity contribution in [1.82, 2.24) is 25.5 Å². The maximum atomic E-state index is 4.13. The molecule has 1 N–H and O–H groups in total. The highest BCUT2D eigenvalue weighted by atomic mass is 32.2. The van der Waals surface area contributed by atoms with Crippen LogP contribution in [-0.2, 0) is 6.54 Å². The Labute approximate surface area is 112 Å². The van der Waals surface area contributed by atoms with Gasteiger partial charge in [0.1, 0.15) is 0 Å². The fraction of sp³-hybridized carbons (Fsp3) is 0.917. The lowest BCUT2D eigenvalue weighted by Crippen LogP contribution is -2.22. The molecular formula is C12H21N5S. The molecule has 1 aromatic rings. The first-order chi connectivity index (χ1) is 8.92. The Balaban J connectivity index is 1.43. The van der Waals surface area contributed by atoms with Crippen molar-refractivity contribution < 1.29 is 0 Å². The Bertz CT molecular complexity index is 370. The van der Waals surface area contributed by atoms with Crippen molar-refractivity contribution in [2.24, 2.45) is 5.92 Å². The molecule has 2 fully saturated rings. The van der Waals surface area contributed by atoms with E-state index in [0.29, 0.717) is 0 Å². The van der Waals surface area contributed by atoms with Gasteiger partial charge < -0.3 is 5.32 Å². The lowest BCUT2D eigenvalue weighted by Gasteiger charge is -2.08. The van der Waals surface area contributed by atoms with Crippen molar-refractivity contribution in [2.45, 2.75) is 56.3 Å². The van der Waals surface area contributed by atoms with E-state index in [9.17, 15) is 0 Å². The number of nitrogens with one attached hydrogen (secondary N) is 1. The number of rotatable bonds is 7. The van der Waals surface area contributed by atoms with Crippen LogP contribution in [0.25, 0.3) is 0 Å². The molecule has 0 aliphatic heterocycles. The summed E-state index contributed by atoms with van der Waals surface area (Å²) in [6, 6.07) is 0.760. The molecule has 1 aromatic heterocycles. The van der Waals surface area contributed by atoms with Gasteiger partial charge in [0.15, 0.2) is 0 Å². The third-order valence-corrected chi connectivity index (χ3v) is 4.94. The van der Waals surface area contributed by atoms with Crippen LogP contribution in [-0.4, -0.2) is 38.5 Å². The number of thioether (sulfide) groups is 1. The van der Waals surface area contributed by atoms with Crippen LogP contribution in [0.15, 0.2) is 5.16 Å². The van der Waals surface area contributed by atoms with E-state index >= 15 is 0 Å². The van der Waals surface area contributed by atoms with E-state index in [1.54, 1.807) is 0 Å². The minimum absolute atomic E-state index is 0.760. The normalized spacial score (nSPS) is 20.7. The third kappa shape index (κ3) is 3.45. The molecule has 0 aromatic carbocycles. The van der Waals surface area contributed by atoms with Gasteiger partial charge in [-0.3, -0.25) is 0 Å². The lowest BCUT2D eigenvalue weighted by molar-refractivity contribution is 0.509. The minimum Gasteiger partial charge on any atom is -0.312 e. The quantitative estimate of drug-likeness (QED) is 0.762. The van der Waals surface area contributed by atoms with Gasteiger partial charge >= 0.3 is 0 Å². The van der Waals surface area contributed by atoms with Crippen molar-refractivity contribution in [2.75, 3.05) is 12.3 Å². The molecule has 0 amide bonds. The Morgan fingerprint density at radius 3 is 2.83 bits per heavy atom. The summed E-state index contributed by atoms with van der Waals surface area (Å²) < 4.78 is 1.94. The average Bonchev–Trinajstić information content (AvgIpc) is 2.90. The summed E-state index contributed by atoms with van der Waals surface area (Å²) in [4.78, 5) is 0. The molecule has 100 valence electrons. The van der Waals surface area contributed by atoms with Gasteiger partial charge in [-0.1, -0.05) is 24.6 Å². The maximum absolute atomic E-state index is 4.13. The summed E-state index contributed by atoms with van der Waals surface area (Å²) in [5.41, 5.74) is 0. The predicted molar refractivity (Wildman–Crippen MR) is 71.5 cm³/mol. The molecule has 3 rings (SSSR count). The van der Waals surface area contributed by atoms with Gasteiger partial charge in [0.05, 0.1) is 6.54 Å². The van der Waals surface area contributed by atoms with Gasteiger partial charge in [-0.15, -0.1) is 5.10 Å². The SMILES string of the molecule is C1CCC(CSc2nnnn2CCNC2CC2)C1. The zero-order valence-electron chi connectivity index (χ0n) is 10.7. The molecule has 0 radical (unpaired) electrons. The first kappa shape index (κ1) is 12.4. The van der Waals surface area contributed by atoms with Crippen LogP contribution in [0.5, 0.6) is 0 Å². The van der Waals surface area contributed by atoms with Crippen molar-refractivity contribution in [3.63, 3.8) is 0 Å². The van der Waals surface area contributed by atoms with Crippen molar-refractivity contribution in [3.8, 4) is 0 Å². The number of tetrazole rings is 1. The smallest absolute Gasteiger partial charge is 0.209 e. The Morgan fingerprint density at radius 1 is 1.22 bits per heavy atom. The van der Waals surface area contributed by atoms with Crippen molar-refractivity contribution >= 4 is 11.8 Å². The van der Waals surface area contributed by atoms with Crippen LogP contribution in [0.1, 0.15) is 38.5 Å². The largest absolute Gasteiger partial charge is 0.312 e. The fourth-order valence-electron chi connectivity index (χ4n) is 2.47. The predicted octanol–water partition coefficient (Wildman–Crippen LogP) is 1.71. The third-order valence-electron chi connectivity index (χ3n) is 3.76. The summed E-state index contributed by atoms with van der Waals surface area (Å²) in [5, 5.41) is 16.5. The van der Waals surface area contributed by atoms with E-state index in [0.717, 1.165) is 30.2 Å². The molecule has 5 nitrogen and oxygen atoms in total. The van der Waals surface area contributed by atoms with E-state index < -0.39 is 0 Å². The zero-order chi connectivity index (χ0) is 12.2. The van der Waals surface area contributed by atoms with Gasteiger partial charge in [-0.25, -0.2) is 4.68 Å². The minimum atomic E-state index is 0.760. The Kier molecular flexibility index (Phi) is 4.15. The summed E-state index contributed by atoms with van der Waals surface area (Å²) in [5.74, 6) is 2.06. The number of hydrogen-bond acceptors (Lipinski definition) is 5. The molecule has 0 bridgehead atoms. The second kappa shape index (κ2) is 6.02. The molecule has 0 atom stereocenters. The Morgan fingerprint density at radius 2 is 2.06 bits per heavy atom. The van der Waals surface area contributed by atoms with Crippen molar-refractivity contribution in [3.05, 3.63) is 0 Å². The highest BCUT2D eigenvalue weighted by Crippen LogP contribution is 2.29. The zero-order valence-corrected chi connectivity index (χ0v) is 11.5. The maximum Gasteiger partial charge on any atom is 0.209 e. The summed E-state index contributed by atoms with van der Waals surface area (Å²) in [7, 11) is 0. The van der Waals surface area contributed by atoms with Crippen LogP contribution in [0.4, 0.5) is 0 Å². The topological polar surface area (TPSA) is 55.6 Å². The molecule has 2 aliphatic rings. The average molecular weight is 267 g/mol. The van der Waals surface area contributed by atoms with Crippen LogP contribution in [0.2, 0.25) is 0 Å². The fourth-order valence-corrected chi connectivity index (χ4v) is 3.56. The van der Waals surface area contributed by atoms with Gasteiger partial charge in [0.25, 0.3) is 0 Å². The highest BCUT2D eigenvalue weighted by Gasteiger charge is 2.20. The van der Waals surface area contributed by atoms with Crippen molar-refractivity contribution in [1.29, 1.82) is 0 Å². The standard InChI is InChI=1S/C12H21N5S/c1-2-4-10(3-1)9-18-12-14-15-16-17(12)8-7-13-11-5-6-11/h10-11,13H,1-9H2. The number of nitrogens with zero attached hydrogens (tertiary/aromatic N) is 4. The summed E-state index contributed by atoms with van der Waals surface area (Å²) in [6.07, 6.45) is 8.25. The Hall–Kier alpha value is -0.620. The molecule has 0 unspecified atom stereocenters. The lowest BCUT2D eigenvalue weighted by atomic mass is 10.1. The van der Waals surface area contributed by atoms with E-state index in [2.05, 4.69) is 20.8 Å². The van der Waals surface area contributed by atoms with E-state index in [-0.39, 0.29) is 0 Å². The number of hydrogen-bond donors (Lipinski definition) is 1. The molecule has 0 saturated heterocycles. The molecular weight excluding hydrogens is 246 g/mol. The molecule has 1 heterocycles. The second-order valence-corrected chi connectivity index (χ2v) is 6.36. The van der Waals surface area contributed by atoms with E-state index in [1.165, 1.54) is 44.3 Å². The van der Waals surface area contributed by atoms with Crippen LogP contribution >= 0.6 is 11.8 Å². The molecule has 0 spiro atoms. The molecule has 6 heteroatoms. The number of aromatic nitrogens is 4. The van der Waals surface area contributed by atoms with Gasteiger partial charge in [0.2, 0.25) is 5.16 Å². The second-order valence-electron chi connectivity index (χ2n) is 5.37. The molecule has 18 heavy (non-hydrogen) atoms. The first-order valence-corrected chi connectivity index (χ1v) is 8.03. The van der Waals surface area contributed by atoms with Gasteiger partial charge in [0, 0.05) is 18.3 Å². The highest BCUT2D eigenvalue weighted by molar-refractivity contribution is 7.99. The van der Waals surface area contributed by atoms with E-state index in [4.69, 9.17) is 0 Å². The van der Waals surface area contributed by atoms with E-state index in [1.807, 2.05) is 16.4 Å². The van der Waals surface area contributed by atoms with Crippen LogP contribution < -0.4 is 5.32 Å².